The Bertz CT molecular complexity index is 861. The van der Waals surface area contributed by atoms with Crippen LogP contribution in [0.15, 0.2) is 29.1 Å². The number of carbonyl (C=O) groups is 1. The van der Waals surface area contributed by atoms with Gasteiger partial charge in [-0.2, -0.15) is 5.10 Å². The maximum absolute atomic E-state index is 12.8. The first-order valence-electron chi connectivity index (χ1n) is 9.07. The molecule has 132 valence electrons. The minimum Gasteiger partial charge on any atom is -0.347 e. The van der Waals surface area contributed by atoms with Gasteiger partial charge in [0, 0.05) is 24.5 Å². The quantitative estimate of drug-likeness (QED) is 0.868. The van der Waals surface area contributed by atoms with Crippen LogP contribution in [0.3, 0.4) is 0 Å². The summed E-state index contributed by atoms with van der Waals surface area (Å²) in [6.07, 6.45) is 5.29. The van der Waals surface area contributed by atoms with E-state index in [4.69, 9.17) is 5.73 Å². The molecule has 0 aliphatic heterocycles. The number of amides is 1. The monoisotopic (exact) mass is 340 g/mol. The molecule has 2 saturated carbocycles. The van der Waals surface area contributed by atoms with Crippen molar-refractivity contribution in [2.75, 3.05) is 0 Å². The van der Waals surface area contributed by atoms with Crippen LogP contribution < -0.4 is 16.5 Å². The molecule has 25 heavy (non-hydrogen) atoms. The van der Waals surface area contributed by atoms with Crippen LogP contribution in [0.4, 0.5) is 0 Å². The van der Waals surface area contributed by atoms with Gasteiger partial charge in [0.05, 0.1) is 5.52 Å². The highest BCUT2D eigenvalue weighted by atomic mass is 16.2. The second kappa shape index (κ2) is 6.26. The highest BCUT2D eigenvalue weighted by Gasteiger charge is 2.40. The molecular weight excluding hydrogens is 316 g/mol. The number of aromatic nitrogens is 2. The third-order valence-corrected chi connectivity index (χ3v) is 5.85. The molecule has 6 heteroatoms. The van der Waals surface area contributed by atoms with Crippen molar-refractivity contribution >= 4 is 16.8 Å². The van der Waals surface area contributed by atoms with Crippen molar-refractivity contribution in [1.82, 2.24) is 15.1 Å². The number of hydrogen-bond acceptors (Lipinski definition) is 4. The smallest absolute Gasteiger partial charge is 0.276 e. The molecule has 4 rings (SSSR count). The number of carbonyl (C=O) groups excluding carboxylic acids is 1. The molecule has 3 N–H and O–H groups in total. The maximum atomic E-state index is 12.8. The molecule has 2 unspecified atom stereocenters. The SMILES string of the molecule is Cn1nc(C(=O)NC2C3CCCC2CC(N)C3)c(=O)c2ccccc21. The Balaban J connectivity index is 1.65. The topological polar surface area (TPSA) is 90.0 Å². The first-order valence-corrected chi connectivity index (χ1v) is 9.07. The van der Waals surface area contributed by atoms with Gasteiger partial charge in [-0.3, -0.25) is 14.3 Å². The second-order valence-corrected chi connectivity index (χ2v) is 7.50. The van der Waals surface area contributed by atoms with Crippen LogP contribution >= 0.6 is 0 Å². The minimum atomic E-state index is -0.358. The maximum Gasteiger partial charge on any atom is 0.276 e. The number of fused-ring (bicyclic) bond motifs is 3. The van der Waals surface area contributed by atoms with Gasteiger partial charge in [0.2, 0.25) is 5.43 Å². The highest BCUT2D eigenvalue weighted by molar-refractivity contribution is 5.95. The zero-order valence-corrected chi connectivity index (χ0v) is 14.4. The molecule has 2 aromatic rings. The third-order valence-electron chi connectivity index (χ3n) is 5.85. The Morgan fingerprint density at radius 1 is 1.24 bits per heavy atom. The zero-order chi connectivity index (χ0) is 17.6. The Hall–Kier alpha value is -2.21. The number of hydrogen-bond donors (Lipinski definition) is 2. The average Bonchev–Trinajstić information content (AvgIpc) is 2.59. The molecule has 2 atom stereocenters. The number of rotatable bonds is 2. The summed E-state index contributed by atoms with van der Waals surface area (Å²) < 4.78 is 1.60. The summed E-state index contributed by atoms with van der Waals surface area (Å²) in [5, 5.41) is 7.89. The molecule has 6 nitrogen and oxygen atoms in total. The van der Waals surface area contributed by atoms with Gasteiger partial charge in [0.1, 0.15) is 0 Å². The summed E-state index contributed by atoms with van der Waals surface area (Å²) in [5.41, 5.74) is 6.56. The van der Waals surface area contributed by atoms with Crippen molar-refractivity contribution in [3.63, 3.8) is 0 Å². The third kappa shape index (κ3) is 2.84. The van der Waals surface area contributed by atoms with Gasteiger partial charge in [-0.05, 0) is 49.7 Å². The van der Waals surface area contributed by atoms with Crippen LogP contribution in [0.2, 0.25) is 0 Å². The Labute approximate surface area is 146 Å². The lowest BCUT2D eigenvalue weighted by molar-refractivity contribution is 0.0749. The molecule has 2 aliphatic carbocycles. The summed E-state index contributed by atoms with van der Waals surface area (Å²) in [5.74, 6) is 0.468. The largest absolute Gasteiger partial charge is 0.347 e. The number of aryl methyl sites for hydroxylation is 1. The molecule has 1 amide bonds. The van der Waals surface area contributed by atoms with Crippen LogP contribution in [0.25, 0.3) is 10.9 Å². The van der Waals surface area contributed by atoms with E-state index < -0.39 is 0 Å². The van der Waals surface area contributed by atoms with Gasteiger partial charge in [-0.1, -0.05) is 18.6 Å². The molecule has 1 heterocycles. The van der Waals surface area contributed by atoms with Crippen LogP contribution in [0, 0.1) is 11.8 Å². The molecule has 0 saturated heterocycles. The second-order valence-electron chi connectivity index (χ2n) is 7.50. The highest BCUT2D eigenvalue weighted by Crippen LogP contribution is 2.39. The van der Waals surface area contributed by atoms with E-state index >= 15 is 0 Å². The predicted octanol–water partition coefficient (Wildman–Crippen LogP) is 1.57. The number of para-hydroxylation sites is 1. The van der Waals surface area contributed by atoms with Gasteiger partial charge >= 0.3 is 0 Å². The number of nitrogens with two attached hydrogens (primary N) is 1. The summed E-state index contributed by atoms with van der Waals surface area (Å²) in [7, 11) is 1.76. The van der Waals surface area contributed by atoms with Crippen molar-refractivity contribution in [2.45, 2.75) is 44.2 Å². The van der Waals surface area contributed by atoms with Gasteiger partial charge in [0.25, 0.3) is 5.91 Å². The molecule has 2 aliphatic rings. The predicted molar refractivity (Wildman–Crippen MR) is 96.3 cm³/mol. The summed E-state index contributed by atoms with van der Waals surface area (Å²) in [6.45, 7) is 0. The lowest BCUT2D eigenvalue weighted by Gasteiger charge is -2.45. The van der Waals surface area contributed by atoms with E-state index in [1.807, 2.05) is 12.1 Å². The fourth-order valence-corrected chi connectivity index (χ4v) is 4.72. The Kier molecular flexibility index (Phi) is 4.07. The molecule has 1 aromatic heterocycles. The minimum absolute atomic E-state index is 0.0193. The molecule has 0 spiro atoms. The van der Waals surface area contributed by atoms with E-state index in [-0.39, 0.29) is 29.1 Å². The fraction of sp³-hybridized carbons (Fsp3) is 0.526. The van der Waals surface area contributed by atoms with E-state index in [9.17, 15) is 9.59 Å². The van der Waals surface area contributed by atoms with E-state index in [0.717, 1.165) is 31.2 Å². The molecule has 2 fully saturated rings. The van der Waals surface area contributed by atoms with E-state index in [2.05, 4.69) is 10.4 Å². The first-order chi connectivity index (χ1) is 12.0. The lowest BCUT2D eigenvalue weighted by atomic mass is 9.67. The summed E-state index contributed by atoms with van der Waals surface area (Å²) in [6, 6.07) is 7.57. The molecular formula is C19H24N4O2. The van der Waals surface area contributed by atoms with Crippen molar-refractivity contribution in [2.24, 2.45) is 24.6 Å². The van der Waals surface area contributed by atoms with Gasteiger partial charge in [0.15, 0.2) is 5.69 Å². The lowest BCUT2D eigenvalue weighted by Crippen LogP contribution is -2.54. The standard InChI is InChI=1S/C19H24N4O2/c1-23-15-8-3-2-7-14(15)18(24)17(22-23)19(25)21-16-11-5-4-6-12(16)10-13(20)9-11/h2-3,7-8,11-13,16H,4-6,9-10,20H2,1H3,(H,21,25). The Morgan fingerprint density at radius 3 is 2.64 bits per heavy atom. The van der Waals surface area contributed by atoms with E-state index in [0.29, 0.717) is 17.2 Å². The zero-order valence-electron chi connectivity index (χ0n) is 14.4. The van der Waals surface area contributed by atoms with Crippen molar-refractivity contribution in [1.29, 1.82) is 0 Å². The number of nitrogens with zero attached hydrogens (tertiary/aromatic N) is 2. The summed E-state index contributed by atoms with van der Waals surface area (Å²) >= 11 is 0. The van der Waals surface area contributed by atoms with Crippen LogP contribution in [-0.2, 0) is 7.05 Å². The normalized spacial score (nSPS) is 28.7. The van der Waals surface area contributed by atoms with Crippen LogP contribution in [-0.4, -0.2) is 27.8 Å². The van der Waals surface area contributed by atoms with Gasteiger partial charge in [-0.25, -0.2) is 0 Å². The molecule has 2 bridgehead atoms. The van der Waals surface area contributed by atoms with Crippen molar-refractivity contribution < 1.29 is 4.79 Å². The molecule has 1 aromatic carbocycles. The van der Waals surface area contributed by atoms with E-state index in [1.165, 1.54) is 6.42 Å². The average molecular weight is 340 g/mol. The van der Waals surface area contributed by atoms with Gasteiger partial charge < -0.3 is 11.1 Å². The van der Waals surface area contributed by atoms with E-state index in [1.54, 1.807) is 23.9 Å². The Morgan fingerprint density at radius 2 is 1.92 bits per heavy atom. The number of nitrogens with one attached hydrogen (secondary N) is 1. The molecule has 0 radical (unpaired) electrons. The van der Waals surface area contributed by atoms with Crippen LogP contribution in [0.5, 0.6) is 0 Å². The van der Waals surface area contributed by atoms with Crippen molar-refractivity contribution in [3.05, 3.63) is 40.2 Å². The van der Waals surface area contributed by atoms with Crippen LogP contribution in [0.1, 0.15) is 42.6 Å². The van der Waals surface area contributed by atoms with Gasteiger partial charge in [-0.15, -0.1) is 0 Å². The fourth-order valence-electron chi connectivity index (χ4n) is 4.72. The first kappa shape index (κ1) is 16.3. The van der Waals surface area contributed by atoms with Crippen molar-refractivity contribution in [3.8, 4) is 0 Å². The summed E-state index contributed by atoms with van der Waals surface area (Å²) in [4.78, 5) is 25.5. The number of benzene rings is 1.